The third-order valence-electron chi connectivity index (χ3n) is 3.66. The van der Waals surface area contributed by atoms with Gasteiger partial charge in [0.2, 0.25) is 5.91 Å². The number of rotatable bonds is 8. The van der Waals surface area contributed by atoms with Gasteiger partial charge in [0.1, 0.15) is 16.7 Å². The molecule has 0 unspecified atom stereocenters. The Morgan fingerprint density at radius 1 is 0.875 bits per heavy atom. The molecule has 3 heterocycles. The van der Waals surface area contributed by atoms with E-state index in [0.717, 1.165) is 11.8 Å². The van der Waals surface area contributed by atoms with Gasteiger partial charge in [0.25, 0.3) is 5.91 Å². The first kappa shape index (κ1) is 23.5. The fraction of sp³-hybridized carbons (Fsp3) is 0.100. The molecule has 32 heavy (non-hydrogen) atoms. The molecule has 0 radical (unpaired) electrons. The van der Waals surface area contributed by atoms with Gasteiger partial charge in [-0.15, -0.1) is 0 Å². The van der Waals surface area contributed by atoms with Crippen LogP contribution in [0.4, 0.5) is 11.6 Å². The Morgan fingerprint density at radius 2 is 1.50 bits per heavy atom. The molecule has 3 aromatic heterocycles. The number of thioether (sulfide) groups is 1. The summed E-state index contributed by atoms with van der Waals surface area (Å²) in [7, 11) is 0. The first-order chi connectivity index (χ1) is 15.4. The number of anilines is 2. The third kappa shape index (κ3) is 7.19. The monoisotopic (exact) mass is 491 g/mol. The summed E-state index contributed by atoms with van der Waals surface area (Å²) in [5, 5.41) is 6.26. The summed E-state index contributed by atoms with van der Waals surface area (Å²) in [6.45, 7) is -0.523. The Hall–Kier alpha value is -3.21. The van der Waals surface area contributed by atoms with Gasteiger partial charge in [0.05, 0.1) is 21.4 Å². The Balaban J connectivity index is 1.52. The summed E-state index contributed by atoms with van der Waals surface area (Å²) in [6, 6.07) is 9.30. The first-order valence-electron chi connectivity index (χ1n) is 8.98. The number of amides is 2. The fourth-order valence-corrected chi connectivity index (χ4v) is 3.27. The molecule has 3 aromatic rings. The van der Waals surface area contributed by atoms with Crippen molar-refractivity contribution in [2.45, 2.75) is 5.03 Å². The lowest BCUT2D eigenvalue weighted by Crippen LogP contribution is -2.22. The van der Waals surface area contributed by atoms with Gasteiger partial charge in [-0.3, -0.25) is 9.59 Å². The molecule has 2 amide bonds. The van der Waals surface area contributed by atoms with Crippen LogP contribution in [0, 0.1) is 0 Å². The third-order valence-corrected chi connectivity index (χ3v) is 5.11. The highest BCUT2D eigenvalue weighted by atomic mass is 35.5. The molecule has 12 heteroatoms. The van der Waals surface area contributed by atoms with Crippen molar-refractivity contribution in [1.82, 2.24) is 15.0 Å². The Bertz CT molecular complexity index is 1110. The quantitative estimate of drug-likeness (QED) is 0.361. The van der Waals surface area contributed by atoms with E-state index in [9.17, 15) is 14.4 Å². The molecule has 0 bridgehead atoms. The van der Waals surface area contributed by atoms with Gasteiger partial charge >= 0.3 is 5.97 Å². The number of pyridine rings is 3. The summed E-state index contributed by atoms with van der Waals surface area (Å²) >= 11 is 12.5. The van der Waals surface area contributed by atoms with Gasteiger partial charge in [0, 0.05) is 18.6 Å². The summed E-state index contributed by atoms with van der Waals surface area (Å²) in [5.41, 5.74) is 0.132. The van der Waals surface area contributed by atoms with E-state index >= 15 is 0 Å². The number of carbonyl (C=O) groups is 3. The molecule has 0 saturated carbocycles. The second-order valence-corrected chi connectivity index (χ2v) is 7.88. The fourth-order valence-electron chi connectivity index (χ4n) is 2.26. The number of nitrogens with zero attached hydrogens (tertiary/aromatic N) is 3. The first-order valence-corrected chi connectivity index (χ1v) is 10.7. The number of halogens is 2. The van der Waals surface area contributed by atoms with E-state index in [-0.39, 0.29) is 28.1 Å². The molecule has 9 nitrogen and oxygen atoms in total. The highest BCUT2D eigenvalue weighted by molar-refractivity contribution is 8.00. The van der Waals surface area contributed by atoms with E-state index in [1.54, 1.807) is 24.3 Å². The molecule has 0 spiro atoms. The van der Waals surface area contributed by atoms with Crippen LogP contribution in [0.1, 0.15) is 10.4 Å². The van der Waals surface area contributed by atoms with Crippen LogP contribution >= 0.6 is 35.0 Å². The molecular formula is C20H15Cl2N5O4S. The SMILES string of the molecule is O=C(COC(=O)c1cccnc1SCC(=O)Nc1ccc(Cl)cn1)Nc1ccc(Cl)cn1. The number of hydrogen-bond acceptors (Lipinski definition) is 8. The topological polar surface area (TPSA) is 123 Å². The van der Waals surface area contributed by atoms with Crippen molar-refractivity contribution in [3.8, 4) is 0 Å². The summed E-state index contributed by atoms with van der Waals surface area (Å²) < 4.78 is 5.06. The van der Waals surface area contributed by atoms with Crippen molar-refractivity contribution in [1.29, 1.82) is 0 Å². The number of ether oxygens (including phenoxy) is 1. The lowest BCUT2D eigenvalue weighted by Gasteiger charge is -2.09. The number of carbonyl (C=O) groups excluding carboxylic acids is 3. The molecule has 0 saturated heterocycles. The minimum atomic E-state index is -0.750. The van der Waals surface area contributed by atoms with Crippen LogP contribution in [-0.2, 0) is 14.3 Å². The van der Waals surface area contributed by atoms with Crippen LogP contribution in [-0.4, -0.2) is 45.1 Å². The summed E-state index contributed by atoms with van der Waals surface area (Å²) in [5.74, 6) is -1.06. The van der Waals surface area contributed by atoms with Crippen molar-refractivity contribution >= 4 is 64.4 Å². The van der Waals surface area contributed by atoms with Gasteiger partial charge in [-0.25, -0.2) is 19.7 Å². The summed E-state index contributed by atoms with van der Waals surface area (Å²) in [4.78, 5) is 48.6. The van der Waals surface area contributed by atoms with Gasteiger partial charge in [-0.1, -0.05) is 35.0 Å². The molecular weight excluding hydrogens is 477 g/mol. The zero-order chi connectivity index (χ0) is 22.9. The average molecular weight is 492 g/mol. The van der Waals surface area contributed by atoms with E-state index in [0.29, 0.717) is 15.9 Å². The van der Waals surface area contributed by atoms with Gasteiger partial charge < -0.3 is 15.4 Å². The average Bonchev–Trinajstić information content (AvgIpc) is 2.79. The predicted molar refractivity (Wildman–Crippen MR) is 121 cm³/mol. The molecule has 0 aliphatic rings. The van der Waals surface area contributed by atoms with Crippen molar-refractivity contribution in [2.75, 3.05) is 23.0 Å². The molecule has 164 valence electrons. The van der Waals surface area contributed by atoms with Crippen molar-refractivity contribution < 1.29 is 19.1 Å². The van der Waals surface area contributed by atoms with E-state index in [1.807, 2.05) is 0 Å². The van der Waals surface area contributed by atoms with E-state index in [2.05, 4.69) is 25.6 Å². The maximum atomic E-state index is 12.4. The van der Waals surface area contributed by atoms with Crippen LogP contribution < -0.4 is 10.6 Å². The zero-order valence-corrected chi connectivity index (χ0v) is 18.6. The molecule has 0 aromatic carbocycles. The van der Waals surface area contributed by atoms with E-state index < -0.39 is 18.5 Å². The largest absolute Gasteiger partial charge is 0.452 e. The predicted octanol–water partition coefficient (Wildman–Crippen LogP) is 3.70. The molecule has 0 aliphatic carbocycles. The van der Waals surface area contributed by atoms with Gasteiger partial charge in [-0.05, 0) is 36.4 Å². The Labute approximate surface area is 196 Å². The number of esters is 1. The van der Waals surface area contributed by atoms with Gasteiger partial charge in [0.15, 0.2) is 6.61 Å². The molecule has 0 fully saturated rings. The van der Waals surface area contributed by atoms with E-state index in [1.165, 1.54) is 30.7 Å². The van der Waals surface area contributed by atoms with Gasteiger partial charge in [-0.2, -0.15) is 0 Å². The van der Waals surface area contributed by atoms with Crippen LogP contribution in [0.3, 0.4) is 0 Å². The highest BCUT2D eigenvalue weighted by Gasteiger charge is 2.17. The Morgan fingerprint density at radius 3 is 2.09 bits per heavy atom. The van der Waals surface area contributed by atoms with Crippen molar-refractivity contribution in [3.63, 3.8) is 0 Å². The summed E-state index contributed by atoms with van der Waals surface area (Å²) in [6.07, 6.45) is 4.27. The highest BCUT2D eigenvalue weighted by Crippen LogP contribution is 2.21. The normalized spacial score (nSPS) is 10.3. The maximum absolute atomic E-state index is 12.4. The van der Waals surface area contributed by atoms with Crippen LogP contribution in [0.25, 0.3) is 0 Å². The van der Waals surface area contributed by atoms with Crippen molar-refractivity contribution in [2.24, 2.45) is 0 Å². The van der Waals surface area contributed by atoms with Crippen molar-refractivity contribution in [3.05, 3.63) is 70.6 Å². The number of nitrogens with one attached hydrogen (secondary N) is 2. The van der Waals surface area contributed by atoms with Crippen LogP contribution in [0.15, 0.2) is 60.0 Å². The lowest BCUT2D eigenvalue weighted by molar-refractivity contribution is -0.119. The molecule has 0 atom stereocenters. The van der Waals surface area contributed by atoms with Crippen LogP contribution in [0.5, 0.6) is 0 Å². The second-order valence-electron chi connectivity index (χ2n) is 6.04. The van der Waals surface area contributed by atoms with Crippen LogP contribution in [0.2, 0.25) is 10.0 Å². The molecule has 3 rings (SSSR count). The number of aromatic nitrogens is 3. The smallest absolute Gasteiger partial charge is 0.341 e. The Kier molecular flexibility index (Phi) is 8.37. The lowest BCUT2D eigenvalue weighted by atomic mass is 10.3. The number of hydrogen-bond donors (Lipinski definition) is 2. The maximum Gasteiger partial charge on any atom is 0.341 e. The standard InChI is InChI=1S/C20H15Cl2N5O4S/c21-12-3-5-15(24-8-12)26-17(28)10-31-20(30)14-2-1-7-23-19(14)32-11-18(29)27-16-6-4-13(22)9-25-16/h1-9H,10-11H2,(H,24,26,28)(H,25,27,29). The molecule has 0 aliphatic heterocycles. The molecule has 2 N–H and O–H groups in total. The zero-order valence-electron chi connectivity index (χ0n) is 16.2. The minimum absolute atomic E-state index is 0.0235. The minimum Gasteiger partial charge on any atom is -0.452 e. The second kappa shape index (κ2) is 11.4. The van der Waals surface area contributed by atoms with E-state index in [4.69, 9.17) is 27.9 Å².